The predicted octanol–water partition coefficient (Wildman–Crippen LogP) is 1.88. The van der Waals surface area contributed by atoms with E-state index in [1.54, 1.807) is 12.1 Å². The number of amides is 2. The van der Waals surface area contributed by atoms with E-state index in [1.165, 1.54) is 29.9 Å². The Bertz CT molecular complexity index is 948. The Labute approximate surface area is 164 Å². The number of hydrogen-bond donors (Lipinski definition) is 1. The minimum Gasteiger partial charge on any atom is -0.352 e. The highest BCUT2D eigenvalue weighted by atomic mass is 32.2. The van der Waals surface area contributed by atoms with E-state index >= 15 is 0 Å². The molecule has 9 heteroatoms. The second-order valence-electron chi connectivity index (χ2n) is 7.29. The van der Waals surface area contributed by atoms with Gasteiger partial charge in [-0.05, 0) is 44.0 Å². The first-order valence-electron chi connectivity index (χ1n) is 9.39. The van der Waals surface area contributed by atoms with E-state index < -0.39 is 16.1 Å². The molecule has 1 saturated heterocycles. The number of sulfonamides is 1. The molecule has 148 valence electrons. The van der Waals surface area contributed by atoms with Crippen molar-refractivity contribution in [2.24, 2.45) is 0 Å². The lowest BCUT2D eigenvalue weighted by atomic mass is 10.2. The maximum Gasteiger partial charge on any atom is 0.331 e. The van der Waals surface area contributed by atoms with Crippen LogP contribution in [0.2, 0.25) is 0 Å². The first-order chi connectivity index (χ1) is 13.4. The number of carbonyl (C=O) groups is 1. The van der Waals surface area contributed by atoms with Crippen molar-refractivity contribution >= 4 is 21.9 Å². The molecule has 0 bridgehead atoms. The van der Waals surface area contributed by atoms with Crippen LogP contribution in [0.5, 0.6) is 0 Å². The van der Waals surface area contributed by atoms with Crippen molar-refractivity contribution in [1.29, 1.82) is 0 Å². The van der Waals surface area contributed by atoms with Crippen LogP contribution in [0, 0.1) is 6.92 Å². The highest BCUT2D eigenvalue weighted by Gasteiger charge is 2.27. The number of benzene rings is 1. The molecule has 0 unspecified atom stereocenters. The minimum atomic E-state index is -3.88. The summed E-state index contributed by atoms with van der Waals surface area (Å²) in [7, 11) is -3.88. The fourth-order valence-corrected chi connectivity index (χ4v) is 4.17. The molecule has 2 aliphatic rings. The molecule has 2 heterocycles. The number of rotatable bonds is 4. The lowest BCUT2D eigenvalue weighted by Gasteiger charge is -2.35. The van der Waals surface area contributed by atoms with Crippen molar-refractivity contribution in [3.05, 3.63) is 47.7 Å². The Balaban J connectivity index is 1.33. The molecule has 0 radical (unpaired) electrons. The Morgan fingerprint density at radius 1 is 1.00 bits per heavy atom. The maximum atomic E-state index is 12.4. The van der Waals surface area contributed by atoms with Crippen molar-refractivity contribution in [2.45, 2.75) is 30.6 Å². The van der Waals surface area contributed by atoms with Gasteiger partial charge in [-0.25, -0.2) is 17.9 Å². The van der Waals surface area contributed by atoms with Crippen molar-refractivity contribution < 1.29 is 13.2 Å². The van der Waals surface area contributed by atoms with E-state index in [1.807, 2.05) is 19.1 Å². The van der Waals surface area contributed by atoms with Gasteiger partial charge < -0.3 is 9.80 Å². The van der Waals surface area contributed by atoms with Gasteiger partial charge in [-0.15, -0.1) is 5.10 Å². The standard InChI is InChI=1S/C19H23N5O3S/c1-14-2-6-16(7-3-14)28(26,27)22-19(25)24-12-10-23(11-13-24)18-9-8-17(20-21-18)15-4-5-15/h2-3,6-9,15H,4-5,10-13H2,1H3,(H,22,25). The summed E-state index contributed by atoms with van der Waals surface area (Å²) in [5, 5.41) is 8.59. The largest absolute Gasteiger partial charge is 0.352 e. The second kappa shape index (κ2) is 7.38. The normalized spacial score (nSPS) is 17.5. The summed E-state index contributed by atoms with van der Waals surface area (Å²) in [6, 6.07) is 9.78. The molecule has 0 atom stereocenters. The lowest BCUT2D eigenvalue weighted by molar-refractivity contribution is 0.200. The summed E-state index contributed by atoms with van der Waals surface area (Å²) in [5.74, 6) is 1.36. The number of aromatic nitrogens is 2. The van der Waals surface area contributed by atoms with E-state index in [4.69, 9.17) is 0 Å². The first kappa shape index (κ1) is 18.7. The second-order valence-corrected chi connectivity index (χ2v) is 8.97. The molecule has 4 rings (SSSR count). The lowest BCUT2D eigenvalue weighted by Crippen LogP contribution is -2.53. The van der Waals surface area contributed by atoms with Gasteiger partial charge in [0.25, 0.3) is 10.0 Å². The fourth-order valence-electron chi connectivity index (χ4n) is 3.20. The number of hydrogen-bond acceptors (Lipinski definition) is 6. The number of aryl methyl sites for hydroxylation is 1. The van der Waals surface area contributed by atoms with Gasteiger partial charge in [-0.1, -0.05) is 17.7 Å². The van der Waals surface area contributed by atoms with Gasteiger partial charge in [0.05, 0.1) is 10.6 Å². The number of anilines is 1. The Morgan fingerprint density at radius 2 is 1.68 bits per heavy atom. The Hall–Kier alpha value is -2.68. The average Bonchev–Trinajstić information content (AvgIpc) is 3.54. The van der Waals surface area contributed by atoms with Crippen LogP contribution in [-0.2, 0) is 10.0 Å². The number of urea groups is 1. The molecule has 2 fully saturated rings. The van der Waals surface area contributed by atoms with Crippen molar-refractivity contribution in [3.8, 4) is 0 Å². The third-order valence-electron chi connectivity index (χ3n) is 5.11. The van der Waals surface area contributed by atoms with Gasteiger partial charge in [0.2, 0.25) is 0 Å². The van der Waals surface area contributed by atoms with Crippen molar-refractivity contribution in [2.75, 3.05) is 31.1 Å². The number of nitrogens with one attached hydrogen (secondary N) is 1. The van der Waals surface area contributed by atoms with Crippen LogP contribution >= 0.6 is 0 Å². The third-order valence-corrected chi connectivity index (χ3v) is 6.45. The summed E-state index contributed by atoms with van der Waals surface area (Å²) in [6.45, 7) is 3.87. The summed E-state index contributed by atoms with van der Waals surface area (Å²) < 4.78 is 26.9. The van der Waals surface area contributed by atoms with E-state index in [2.05, 4.69) is 19.8 Å². The molecule has 1 aliphatic carbocycles. The number of piperazine rings is 1. The summed E-state index contributed by atoms with van der Waals surface area (Å²) in [6.07, 6.45) is 2.38. The van der Waals surface area contributed by atoms with E-state index in [0.717, 1.165) is 17.1 Å². The topological polar surface area (TPSA) is 95.5 Å². The van der Waals surface area contributed by atoms with Gasteiger partial charge in [0.1, 0.15) is 0 Å². The third kappa shape index (κ3) is 4.09. The molecule has 8 nitrogen and oxygen atoms in total. The van der Waals surface area contributed by atoms with Crippen LogP contribution in [0.1, 0.15) is 30.0 Å². The quantitative estimate of drug-likeness (QED) is 0.841. The zero-order valence-corrected chi connectivity index (χ0v) is 16.5. The summed E-state index contributed by atoms with van der Waals surface area (Å²) in [4.78, 5) is 16.1. The molecule has 2 aromatic rings. The van der Waals surface area contributed by atoms with E-state index in [0.29, 0.717) is 32.1 Å². The van der Waals surface area contributed by atoms with E-state index in [9.17, 15) is 13.2 Å². The zero-order valence-electron chi connectivity index (χ0n) is 15.7. The SMILES string of the molecule is Cc1ccc(S(=O)(=O)NC(=O)N2CCN(c3ccc(C4CC4)nn3)CC2)cc1. The average molecular weight is 401 g/mol. The number of nitrogens with zero attached hydrogens (tertiary/aromatic N) is 4. The van der Waals surface area contributed by atoms with Gasteiger partial charge >= 0.3 is 6.03 Å². The van der Waals surface area contributed by atoms with Gasteiger partial charge in [0, 0.05) is 32.1 Å². The van der Waals surface area contributed by atoms with Crippen LogP contribution in [0.4, 0.5) is 10.6 Å². The first-order valence-corrected chi connectivity index (χ1v) is 10.9. The van der Waals surface area contributed by atoms with Crippen molar-refractivity contribution in [1.82, 2.24) is 19.8 Å². The smallest absolute Gasteiger partial charge is 0.331 e. The predicted molar refractivity (Wildman–Crippen MR) is 105 cm³/mol. The Kier molecular flexibility index (Phi) is 4.92. The molecule has 1 N–H and O–H groups in total. The van der Waals surface area contributed by atoms with Crippen LogP contribution in [-0.4, -0.2) is 55.7 Å². The van der Waals surface area contributed by atoms with Gasteiger partial charge in [0.15, 0.2) is 5.82 Å². The van der Waals surface area contributed by atoms with Crippen LogP contribution in [0.3, 0.4) is 0 Å². The molecule has 1 aliphatic heterocycles. The van der Waals surface area contributed by atoms with Crippen molar-refractivity contribution in [3.63, 3.8) is 0 Å². The molecule has 0 spiro atoms. The fraction of sp³-hybridized carbons (Fsp3) is 0.421. The minimum absolute atomic E-state index is 0.0797. The van der Waals surface area contributed by atoms with Crippen LogP contribution in [0.25, 0.3) is 0 Å². The summed E-state index contributed by atoms with van der Waals surface area (Å²) >= 11 is 0. The molecular formula is C19H23N5O3S. The molecular weight excluding hydrogens is 378 g/mol. The number of carbonyl (C=O) groups excluding carboxylic acids is 1. The highest BCUT2D eigenvalue weighted by Crippen LogP contribution is 2.38. The zero-order chi connectivity index (χ0) is 19.7. The van der Waals surface area contributed by atoms with E-state index in [-0.39, 0.29) is 4.90 Å². The van der Waals surface area contributed by atoms with Crippen LogP contribution in [0.15, 0.2) is 41.3 Å². The maximum absolute atomic E-state index is 12.4. The highest BCUT2D eigenvalue weighted by molar-refractivity contribution is 7.90. The Morgan fingerprint density at radius 3 is 2.25 bits per heavy atom. The molecule has 1 aromatic heterocycles. The molecule has 1 aromatic carbocycles. The van der Waals surface area contributed by atoms with Gasteiger partial charge in [-0.2, -0.15) is 5.10 Å². The molecule has 28 heavy (non-hydrogen) atoms. The van der Waals surface area contributed by atoms with Crippen LogP contribution < -0.4 is 9.62 Å². The summed E-state index contributed by atoms with van der Waals surface area (Å²) in [5.41, 5.74) is 2.00. The molecule has 2 amide bonds. The molecule has 1 saturated carbocycles. The monoisotopic (exact) mass is 401 g/mol. The van der Waals surface area contributed by atoms with Gasteiger partial charge in [-0.3, -0.25) is 0 Å².